The standard InChI is InChI=1S/C18H23ClN2O3S/c1-23-8-3-7-21-17(22)15-6-5-14(19)10-16(15)20-18(21)25-12-13-4-2-9-24-11-13/h5-6,10,13H,2-4,7-9,11-12H2,1H3. The minimum Gasteiger partial charge on any atom is -0.385 e. The van der Waals surface area contributed by atoms with E-state index in [9.17, 15) is 4.79 Å². The normalized spacial score (nSPS) is 17.9. The van der Waals surface area contributed by atoms with Crippen molar-refractivity contribution in [2.24, 2.45) is 5.92 Å². The Hall–Kier alpha value is -1.08. The van der Waals surface area contributed by atoms with Gasteiger partial charge in [-0.05, 0) is 43.4 Å². The lowest BCUT2D eigenvalue weighted by atomic mass is 10.1. The smallest absolute Gasteiger partial charge is 0.262 e. The molecule has 0 spiro atoms. The monoisotopic (exact) mass is 382 g/mol. The van der Waals surface area contributed by atoms with Crippen LogP contribution in [0.4, 0.5) is 0 Å². The Kier molecular flexibility index (Phi) is 6.76. The topological polar surface area (TPSA) is 53.4 Å². The molecule has 1 aliphatic rings. The van der Waals surface area contributed by atoms with Crippen LogP contribution >= 0.6 is 23.4 Å². The first-order chi connectivity index (χ1) is 12.2. The van der Waals surface area contributed by atoms with E-state index in [1.165, 1.54) is 6.42 Å². The Labute approximate surface area is 156 Å². The molecular formula is C18H23ClN2O3S. The fourth-order valence-electron chi connectivity index (χ4n) is 2.98. The molecule has 25 heavy (non-hydrogen) atoms. The van der Waals surface area contributed by atoms with Crippen LogP contribution in [0.5, 0.6) is 0 Å². The first-order valence-corrected chi connectivity index (χ1v) is 9.95. The van der Waals surface area contributed by atoms with E-state index in [1.54, 1.807) is 41.6 Å². The van der Waals surface area contributed by atoms with Gasteiger partial charge in [-0.1, -0.05) is 23.4 Å². The number of halogens is 1. The van der Waals surface area contributed by atoms with E-state index in [1.807, 2.05) is 0 Å². The minimum absolute atomic E-state index is 0.0137. The Bertz CT molecular complexity index is 775. The van der Waals surface area contributed by atoms with E-state index in [2.05, 4.69) is 0 Å². The van der Waals surface area contributed by atoms with Gasteiger partial charge in [-0.2, -0.15) is 0 Å². The van der Waals surface area contributed by atoms with Gasteiger partial charge in [0.05, 0.1) is 17.5 Å². The molecule has 5 nitrogen and oxygen atoms in total. The lowest BCUT2D eigenvalue weighted by molar-refractivity contribution is 0.0632. The Morgan fingerprint density at radius 3 is 3.12 bits per heavy atom. The summed E-state index contributed by atoms with van der Waals surface area (Å²) in [5.41, 5.74) is 0.642. The molecule has 3 rings (SSSR count). The van der Waals surface area contributed by atoms with E-state index < -0.39 is 0 Å². The third kappa shape index (κ3) is 4.76. The van der Waals surface area contributed by atoms with Crippen molar-refractivity contribution in [3.63, 3.8) is 0 Å². The number of thioether (sulfide) groups is 1. The number of nitrogens with zero attached hydrogens (tertiary/aromatic N) is 2. The van der Waals surface area contributed by atoms with Crippen molar-refractivity contribution >= 4 is 34.3 Å². The quantitative estimate of drug-likeness (QED) is 0.416. The molecule has 1 aromatic heterocycles. The summed E-state index contributed by atoms with van der Waals surface area (Å²) in [5.74, 6) is 1.42. The van der Waals surface area contributed by atoms with E-state index >= 15 is 0 Å². The molecule has 1 unspecified atom stereocenters. The van der Waals surface area contributed by atoms with Crippen LogP contribution < -0.4 is 5.56 Å². The van der Waals surface area contributed by atoms with Crippen LogP contribution in [0.2, 0.25) is 5.02 Å². The van der Waals surface area contributed by atoms with Gasteiger partial charge in [0.25, 0.3) is 5.56 Å². The molecule has 0 saturated carbocycles. The van der Waals surface area contributed by atoms with Crippen molar-refractivity contribution in [2.75, 3.05) is 32.7 Å². The largest absolute Gasteiger partial charge is 0.385 e. The molecule has 0 amide bonds. The second-order valence-corrected chi connectivity index (χ2v) is 7.68. The molecule has 0 aliphatic carbocycles. The highest BCUT2D eigenvalue weighted by atomic mass is 35.5. The maximum absolute atomic E-state index is 12.9. The number of aromatic nitrogens is 2. The van der Waals surface area contributed by atoms with Crippen molar-refractivity contribution in [1.82, 2.24) is 9.55 Å². The summed E-state index contributed by atoms with van der Waals surface area (Å²) in [6, 6.07) is 5.24. The predicted molar refractivity (Wildman–Crippen MR) is 102 cm³/mol. The number of rotatable bonds is 7. The van der Waals surface area contributed by atoms with Crippen molar-refractivity contribution in [3.05, 3.63) is 33.6 Å². The van der Waals surface area contributed by atoms with Gasteiger partial charge < -0.3 is 9.47 Å². The maximum atomic E-state index is 12.9. The molecule has 2 aromatic rings. The number of hydrogen-bond acceptors (Lipinski definition) is 5. The molecule has 1 atom stereocenters. The van der Waals surface area contributed by atoms with E-state index in [0.717, 1.165) is 37.0 Å². The SMILES string of the molecule is COCCCn1c(SCC2CCCOC2)nc2cc(Cl)ccc2c1=O. The zero-order valence-corrected chi connectivity index (χ0v) is 15.9. The zero-order valence-electron chi connectivity index (χ0n) is 14.4. The lowest BCUT2D eigenvalue weighted by Crippen LogP contribution is -2.25. The molecule has 7 heteroatoms. The fourth-order valence-corrected chi connectivity index (χ4v) is 4.29. The van der Waals surface area contributed by atoms with Crippen molar-refractivity contribution in [1.29, 1.82) is 0 Å². The summed E-state index contributed by atoms with van der Waals surface area (Å²) in [6.45, 7) is 2.86. The third-order valence-electron chi connectivity index (χ3n) is 4.32. The zero-order chi connectivity index (χ0) is 17.6. The Morgan fingerprint density at radius 2 is 2.36 bits per heavy atom. The molecule has 2 heterocycles. The summed E-state index contributed by atoms with van der Waals surface area (Å²) < 4.78 is 12.4. The number of methoxy groups -OCH3 is 1. The van der Waals surface area contributed by atoms with Crippen molar-refractivity contribution in [3.8, 4) is 0 Å². The van der Waals surface area contributed by atoms with Crippen LogP contribution in [0.15, 0.2) is 28.2 Å². The van der Waals surface area contributed by atoms with Crippen molar-refractivity contribution in [2.45, 2.75) is 31.0 Å². The maximum Gasteiger partial charge on any atom is 0.262 e. The lowest BCUT2D eigenvalue weighted by Gasteiger charge is -2.22. The second-order valence-electron chi connectivity index (χ2n) is 6.25. The van der Waals surface area contributed by atoms with Gasteiger partial charge in [0.1, 0.15) is 0 Å². The molecule has 0 radical (unpaired) electrons. The molecule has 0 bridgehead atoms. The average Bonchev–Trinajstić information content (AvgIpc) is 2.63. The molecular weight excluding hydrogens is 360 g/mol. The van der Waals surface area contributed by atoms with Gasteiger partial charge in [0.2, 0.25) is 0 Å². The van der Waals surface area contributed by atoms with Gasteiger partial charge in [-0.3, -0.25) is 9.36 Å². The highest BCUT2D eigenvalue weighted by molar-refractivity contribution is 7.99. The van der Waals surface area contributed by atoms with E-state index in [4.69, 9.17) is 26.1 Å². The molecule has 1 aromatic carbocycles. The first kappa shape index (κ1) is 18.7. The molecule has 1 saturated heterocycles. The molecule has 1 aliphatic heterocycles. The molecule has 136 valence electrons. The second kappa shape index (κ2) is 9.03. The highest BCUT2D eigenvalue weighted by Gasteiger charge is 2.17. The highest BCUT2D eigenvalue weighted by Crippen LogP contribution is 2.25. The van der Waals surface area contributed by atoms with Gasteiger partial charge in [-0.25, -0.2) is 4.98 Å². The third-order valence-corrected chi connectivity index (χ3v) is 5.76. The van der Waals surface area contributed by atoms with Gasteiger partial charge in [0, 0.05) is 37.6 Å². The molecule has 1 fully saturated rings. The summed E-state index contributed by atoms with van der Waals surface area (Å²) in [7, 11) is 1.67. The first-order valence-electron chi connectivity index (χ1n) is 8.58. The van der Waals surface area contributed by atoms with E-state index in [0.29, 0.717) is 35.0 Å². The number of hydrogen-bond donors (Lipinski definition) is 0. The Morgan fingerprint density at radius 1 is 1.48 bits per heavy atom. The van der Waals surface area contributed by atoms with Crippen LogP contribution in [0.25, 0.3) is 10.9 Å². The summed E-state index contributed by atoms with van der Waals surface area (Å²) in [6.07, 6.45) is 3.05. The van der Waals surface area contributed by atoms with Gasteiger partial charge in [-0.15, -0.1) is 0 Å². The van der Waals surface area contributed by atoms with E-state index in [-0.39, 0.29) is 5.56 Å². The minimum atomic E-state index is -0.0137. The molecule has 0 N–H and O–H groups in total. The summed E-state index contributed by atoms with van der Waals surface area (Å²) >= 11 is 7.71. The summed E-state index contributed by atoms with van der Waals surface area (Å²) in [5, 5.41) is 1.95. The average molecular weight is 383 g/mol. The number of fused-ring (bicyclic) bond motifs is 1. The van der Waals surface area contributed by atoms with Crippen molar-refractivity contribution < 1.29 is 9.47 Å². The number of ether oxygens (including phenoxy) is 2. The Balaban J connectivity index is 1.88. The van der Waals surface area contributed by atoms with Crippen LogP contribution in [-0.2, 0) is 16.0 Å². The number of benzene rings is 1. The fraction of sp³-hybridized carbons (Fsp3) is 0.556. The van der Waals surface area contributed by atoms with Crippen LogP contribution in [0.1, 0.15) is 19.3 Å². The predicted octanol–water partition coefficient (Wildman–Crippen LogP) is 3.61. The van der Waals surface area contributed by atoms with Crippen LogP contribution in [0.3, 0.4) is 0 Å². The van der Waals surface area contributed by atoms with Crippen LogP contribution in [-0.4, -0.2) is 42.2 Å². The summed E-state index contributed by atoms with van der Waals surface area (Å²) in [4.78, 5) is 17.6. The van der Waals surface area contributed by atoms with Gasteiger partial charge >= 0.3 is 0 Å². The van der Waals surface area contributed by atoms with Crippen LogP contribution in [0, 0.1) is 5.92 Å². The van der Waals surface area contributed by atoms with Gasteiger partial charge in [0.15, 0.2) is 5.16 Å².